The Labute approximate surface area is 126 Å². The first kappa shape index (κ1) is 18.5. The van der Waals surface area contributed by atoms with E-state index in [0.717, 1.165) is 25.2 Å². The number of halogens is 1. The standard InChI is InChI=1S/C14H22N2O3.ClH/c1-4-16(5-2)10-11-18-14(17)15-19-13-8-6-12(3)7-9-13;/h6-9H,4-5,10-11H2,1-3H3,(H,15,17);1H. The van der Waals surface area contributed by atoms with E-state index in [2.05, 4.69) is 24.2 Å². The maximum Gasteiger partial charge on any atom is 0.440 e. The Hall–Kier alpha value is -1.46. The van der Waals surface area contributed by atoms with Gasteiger partial charge in [0.05, 0.1) is 0 Å². The fourth-order valence-electron chi connectivity index (χ4n) is 1.54. The zero-order valence-electron chi connectivity index (χ0n) is 12.2. The highest BCUT2D eigenvalue weighted by molar-refractivity contribution is 5.85. The Bertz CT molecular complexity index is 381. The van der Waals surface area contributed by atoms with Crippen molar-refractivity contribution in [2.45, 2.75) is 20.8 Å². The van der Waals surface area contributed by atoms with Gasteiger partial charge >= 0.3 is 6.09 Å². The quantitative estimate of drug-likeness (QED) is 0.787. The zero-order chi connectivity index (χ0) is 14.1. The van der Waals surface area contributed by atoms with E-state index >= 15 is 0 Å². The van der Waals surface area contributed by atoms with Crippen LogP contribution in [-0.2, 0) is 4.74 Å². The summed E-state index contributed by atoms with van der Waals surface area (Å²) in [5.41, 5.74) is 3.38. The molecule has 0 saturated heterocycles. The van der Waals surface area contributed by atoms with Gasteiger partial charge in [-0.25, -0.2) is 4.79 Å². The summed E-state index contributed by atoms with van der Waals surface area (Å²) >= 11 is 0. The van der Waals surface area contributed by atoms with Crippen LogP contribution in [0.4, 0.5) is 4.79 Å². The van der Waals surface area contributed by atoms with Crippen molar-refractivity contribution >= 4 is 18.5 Å². The minimum Gasteiger partial charge on any atom is -0.446 e. The van der Waals surface area contributed by atoms with Crippen molar-refractivity contribution in [3.63, 3.8) is 0 Å². The van der Waals surface area contributed by atoms with E-state index in [-0.39, 0.29) is 12.4 Å². The van der Waals surface area contributed by atoms with Gasteiger partial charge in [0.1, 0.15) is 6.61 Å². The second-order valence-corrected chi connectivity index (χ2v) is 4.18. The monoisotopic (exact) mass is 302 g/mol. The number of aryl methyl sites for hydroxylation is 1. The van der Waals surface area contributed by atoms with E-state index in [0.29, 0.717) is 12.4 Å². The summed E-state index contributed by atoms with van der Waals surface area (Å²) in [6.45, 7) is 9.10. The van der Waals surface area contributed by atoms with Crippen LogP contribution >= 0.6 is 12.4 Å². The molecule has 0 unspecified atom stereocenters. The number of carbonyl (C=O) groups is 1. The van der Waals surface area contributed by atoms with Crippen LogP contribution in [0.25, 0.3) is 0 Å². The van der Waals surface area contributed by atoms with E-state index in [1.165, 1.54) is 0 Å². The van der Waals surface area contributed by atoms with Gasteiger partial charge in [-0.2, -0.15) is 5.48 Å². The third-order valence-corrected chi connectivity index (χ3v) is 2.81. The minimum atomic E-state index is -0.576. The molecule has 1 aromatic carbocycles. The van der Waals surface area contributed by atoms with E-state index < -0.39 is 6.09 Å². The number of likely N-dealkylation sites (N-methyl/N-ethyl adjacent to an activating group) is 1. The second-order valence-electron chi connectivity index (χ2n) is 4.18. The highest BCUT2D eigenvalue weighted by Gasteiger charge is 2.04. The maximum atomic E-state index is 11.4. The van der Waals surface area contributed by atoms with Crippen molar-refractivity contribution < 1.29 is 14.4 Å². The third kappa shape index (κ3) is 7.21. The Kier molecular flexibility index (Phi) is 9.59. The first-order valence-corrected chi connectivity index (χ1v) is 6.54. The molecule has 0 aliphatic heterocycles. The van der Waals surface area contributed by atoms with Crippen LogP contribution in [0.15, 0.2) is 24.3 Å². The van der Waals surface area contributed by atoms with Gasteiger partial charge in [-0.05, 0) is 32.1 Å². The van der Waals surface area contributed by atoms with Gasteiger partial charge in [-0.3, -0.25) is 0 Å². The smallest absolute Gasteiger partial charge is 0.440 e. The van der Waals surface area contributed by atoms with E-state index in [1.54, 1.807) is 12.1 Å². The molecule has 1 aromatic rings. The van der Waals surface area contributed by atoms with Crippen molar-refractivity contribution in [1.29, 1.82) is 0 Å². The third-order valence-electron chi connectivity index (χ3n) is 2.81. The van der Waals surface area contributed by atoms with Crippen molar-refractivity contribution in [2.24, 2.45) is 0 Å². The summed E-state index contributed by atoms with van der Waals surface area (Å²) in [5.74, 6) is 0.575. The molecule has 0 aliphatic carbocycles. The van der Waals surface area contributed by atoms with E-state index in [9.17, 15) is 4.79 Å². The average molecular weight is 303 g/mol. The van der Waals surface area contributed by atoms with Crippen LogP contribution in [0.2, 0.25) is 0 Å². The number of hydrogen-bond donors (Lipinski definition) is 1. The van der Waals surface area contributed by atoms with Crippen LogP contribution in [-0.4, -0.2) is 37.2 Å². The number of hydroxylamine groups is 1. The Balaban J connectivity index is 0.00000361. The summed E-state index contributed by atoms with van der Waals surface area (Å²) in [6, 6.07) is 7.38. The lowest BCUT2D eigenvalue weighted by Crippen LogP contribution is -2.32. The second kappa shape index (κ2) is 10.3. The van der Waals surface area contributed by atoms with Gasteiger partial charge in [0.2, 0.25) is 0 Å². The van der Waals surface area contributed by atoms with Gasteiger partial charge in [0.25, 0.3) is 0 Å². The number of ether oxygens (including phenoxy) is 1. The molecule has 0 aliphatic rings. The molecule has 20 heavy (non-hydrogen) atoms. The summed E-state index contributed by atoms with van der Waals surface area (Å²) in [4.78, 5) is 18.6. The van der Waals surface area contributed by atoms with Crippen LogP contribution in [0, 0.1) is 6.92 Å². The zero-order valence-corrected chi connectivity index (χ0v) is 13.0. The molecular weight excluding hydrogens is 280 g/mol. The molecule has 0 bridgehead atoms. The molecule has 0 fully saturated rings. The molecule has 0 radical (unpaired) electrons. The maximum absolute atomic E-state index is 11.4. The molecule has 1 rings (SSSR count). The molecule has 0 atom stereocenters. The normalized spacial score (nSPS) is 9.80. The number of hydrogen-bond acceptors (Lipinski definition) is 4. The fraction of sp³-hybridized carbons (Fsp3) is 0.500. The summed E-state index contributed by atoms with van der Waals surface area (Å²) in [5, 5.41) is 0. The molecule has 0 heterocycles. The lowest BCUT2D eigenvalue weighted by molar-refractivity contribution is 0.0908. The molecule has 0 spiro atoms. The molecule has 5 nitrogen and oxygen atoms in total. The summed E-state index contributed by atoms with van der Waals surface area (Å²) < 4.78 is 5.00. The van der Waals surface area contributed by atoms with Crippen molar-refractivity contribution in [1.82, 2.24) is 10.4 Å². The number of nitrogens with zero attached hydrogens (tertiary/aromatic N) is 1. The molecule has 114 valence electrons. The Morgan fingerprint density at radius 3 is 2.35 bits per heavy atom. The summed E-state index contributed by atoms with van der Waals surface area (Å²) in [6.07, 6.45) is -0.576. The number of benzene rings is 1. The average Bonchev–Trinajstić information content (AvgIpc) is 2.43. The van der Waals surface area contributed by atoms with Crippen molar-refractivity contribution in [3.05, 3.63) is 29.8 Å². The molecule has 0 saturated carbocycles. The van der Waals surface area contributed by atoms with E-state index in [1.807, 2.05) is 19.1 Å². The Morgan fingerprint density at radius 1 is 1.20 bits per heavy atom. The number of carbonyl (C=O) groups excluding carboxylic acids is 1. The largest absolute Gasteiger partial charge is 0.446 e. The minimum absolute atomic E-state index is 0. The Morgan fingerprint density at radius 2 is 1.80 bits per heavy atom. The van der Waals surface area contributed by atoms with E-state index in [4.69, 9.17) is 9.57 Å². The topological polar surface area (TPSA) is 50.8 Å². The van der Waals surface area contributed by atoms with Crippen LogP contribution < -0.4 is 10.3 Å². The first-order chi connectivity index (χ1) is 9.15. The molecular formula is C14H23ClN2O3. The predicted molar refractivity (Wildman–Crippen MR) is 81.3 cm³/mol. The number of rotatable bonds is 7. The fourth-order valence-corrected chi connectivity index (χ4v) is 1.54. The lowest BCUT2D eigenvalue weighted by Gasteiger charge is -2.17. The number of amides is 1. The van der Waals surface area contributed by atoms with Gasteiger partial charge in [-0.1, -0.05) is 31.5 Å². The lowest BCUT2D eigenvalue weighted by atomic mass is 10.2. The summed E-state index contributed by atoms with van der Waals surface area (Å²) in [7, 11) is 0. The first-order valence-electron chi connectivity index (χ1n) is 6.54. The predicted octanol–water partition coefficient (Wildman–Crippen LogP) is 2.78. The SMILES string of the molecule is CCN(CC)CCOC(=O)NOc1ccc(C)cc1.Cl. The van der Waals surface area contributed by atoms with Crippen LogP contribution in [0.1, 0.15) is 19.4 Å². The van der Waals surface area contributed by atoms with Gasteiger partial charge in [-0.15, -0.1) is 12.4 Å². The molecule has 6 heteroatoms. The highest BCUT2D eigenvalue weighted by Crippen LogP contribution is 2.09. The van der Waals surface area contributed by atoms with Crippen LogP contribution in [0.3, 0.4) is 0 Å². The van der Waals surface area contributed by atoms with Gasteiger partial charge < -0.3 is 14.5 Å². The molecule has 0 aromatic heterocycles. The van der Waals surface area contributed by atoms with Crippen molar-refractivity contribution in [3.8, 4) is 5.75 Å². The van der Waals surface area contributed by atoms with Gasteiger partial charge in [0.15, 0.2) is 5.75 Å². The van der Waals surface area contributed by atoms with Gasteiger partial charge in [0, 0.05) is 6.54 Å². The molecule has 1 N–H and O–H groups in total. The highest BCUT2D eigenvalue weighted by atomic mass is 35.5. The van der Waals surface area contributed by atoms with Crippen molar-refractivity contribution in [2.75, 3.05) is 26.2 Å². The van der Waals surface area contributed by atoms with Crippen LogP contribution in [0.5, 0.6) is 5.75 Å². The number of nitrogens with one attached hydrogen (secondary N) is 1. The molecule has 1 amide bonds.